The summed E-state index contributed by atoms with van der Waals surface area (Å²) >= 11 is 0. The lowest BCUT2D eigenvalue weighted by Crippen LogP contribution is -2.43. The van der Waals surface area contributed by atoms with Crippen molar-refractivity contribution in [1.29, 1.82) is 0 Å². The third-order valence-corrected chi connectivity index (χ3v) is 4.45. The van der Waals surface area contributed by atoms with Crippen molar-refractivity contribution in [2.24, 2.45) is 5.41 Å². The molecule has 6 nitrogen and oxygen atoms in total. The number of carbonyl (C=O) groups excluding carboxylic acids is 2. The molecular formula is C19H28N2O4. The highest BCUT2D eigenvalue weighted by Gasteiger charge is 2.32. The van der Waals surface area contributed by atoms with Crippen LogP contribution < -0.4 is 14.8 Å². The Kier molecular flexibility index (Phi) is 5.93. The molecule has 1 N–H and O–H groups in total. The van der Waals surface area contributed by atoms with Crippen LogP contribution in [-0.2, 0) is 9.59 Å². The fraction of sp³-hybridized carbons (Fsp3) is 0.579. The number of carbonyl (C=O) groups is 2. The van der Waals surface area contributed by atoms with Gasteiger partial charge >= 0.3 is 0 Å². The van der Waals surface area contributed by atoms with E-state index in [2.05, 4.69) is 5.32 Å². The van der Waals surface area contributed by atoms with Crippen molar-refractivity contribution < 1.29 is 19.1 Å². The molecule has 1 fully saturated rings. The number of rotatable bonds is 5. The highest BCUT2D eigenvalue weighted by molar-refractivity contribution is 5.87. The molecule has 0 bridgehead atoms. The molecule has 0 spiro atoms. The Balaban J connectivity index is 2.14. The zero-order valence-corrected chi connectivity index (χ0v) is 15.7. The molecule has 1 aromatic carbocycles. The molecule has 1 heterocycles. The van der Waals surface area contributed by atoms with Crippen LogP contribution in [-0.4, -0.2) is 44.0 Å². The summed E-state index contributed by atoms with van der Waals surface area (Å²) in [5, 5.41) is 2.74. The van der Waals surface area contributed by atoms with Crippen LogP contribution in [0, 0.1) is 5.41 Å². The molecule has 25 heavy (non-hydrogen) atoms. The molecule has 1 saturated heterocycles. The lowest BCUT2D eigenvalue weighted by atomic mass is 9.96. The minimum absolute atomic E-state index is 0.0128. The Bertz CT molecular complexity index is 637. The maximum absolute atomic E-state index is 12.7. The summed E-state index contributed by atoms with van der Waals surface area (Å²) in [5.74, 6) is 1.26. The number of likely N-dealkylation sites (tertiary alicyclic amines) is 1. The summed E-state index contributed by atoms with van der Waals surface area (Å²) in [7, 11) is 3.24. The normalized spacial score (nSPS) is 17.3. The van der Waals surface area contributed by atoms with E-state index < -0.39 is 5.41 Å². The second-order valence-corrected chi connectivity index (χ2v) is 7.29. The van der Waals surface area contributed by atoms with Crippen molar-refractivity contribution >= 4 is 11.8 Å². The summed E-state index contributed by atoms with van der Waals surface area (Å²) in [5.41, 5.74) is 0.426. The minimum atomic E-state index is -0.513. The van der Waals surface area contributed by atoms with Gasteiger partial charge in [0.2, 0.25) is 11.8 Å². The number of ether oxygens (including phenoxy) is 2. The molecule has 0 aromatic heterocycles. The number of hydrogen-bond acceptors (Lipinski definition) is 4. The van der Waals surface area contributed by atoms with Gasteiger partial charge in [-0.05, 0) is 31.0 Å². The van der Waals surface area contributed by atoms with Gasteiger partial charge in [-0.3, -0.25) is 9.59 Å². The number of hydrogen-bond donors (Lipinski definition) is 1. The molecule has 6 heteroatoms. The van der Waals surface area contributed by atoms with Gasteiger partial charge in [-0.15, -0.1) is 0 Å². The van der Waals surface area contributed by atoms with E-state index in [0.717, 1.165) is 29.9 Å². The van der Waals surface area contributed by atoms with E-state index in [1.165, 1.54) is 0 Å². The molecule has 1 aromatic rings. The van der Waals surface area contributed by atoms with E-state index in [0.29, 0.717) is 6.54 Å². The molecule has 0 saturated carbocycles. The zero-order chi connectivity index (χ0) is 18.6. The van der Waals surface area contributed by atoms with Crippen LogP contribution in [0.3, 0.4) is 0 Å². The van der Waals surface area contributed by atoms with Crippen molar-refractivity contribution in [3.8, 4) is 11.5 Å². The first-order valence-electron chi connectivity index (χ1n) is 8.57. The van der Waals surface area contributed by atoms with Crippen LogP contribution in [0.1, 0.15) is 45.2 Å². The van der Waals surface area contributed by atoms with Crippen molar-refractivity contribution in [2.75, 3.05) is 27.3 Å². The van der Waals surface area contributed by atoms with Gasteiger partial charge < -0.3 is 19.7 Å². The first-order valence-corrected chi connectivity index (χ1v) is 8.57. The van der Waals surface area contributed by atoms with Gasteiger partial charge in [0.15, 0.2) is 0 Å². The lowest BCUT2D eigenvalue weighted by Gasteiger charge is -2.27. The van der Waals surface area contributed by atoms with Crippen LogP contribution in [0.2, 0.25) is 0 Å². The number of amides is 2. The van der Waals surface area contributed by atoms with Gasteiger partial charge in [0.25, 0.3) is 0 Å². The third kappa shape index (κ3) is 4.44. The molecule has 2 amide bonds. The summed E-state index contributed by atoms with van der Waals surface area (Å²) in [4.78, 5) is 26.5. The molecule has 1 aliphatic heterocycles. The average molecular weight is 348 g/mol. The van der Waals surface area contributed by atoms with Crippen LogP contribution in [0.5, 0.6) is 11.5 Å². The van der Waals surface area contributed by atoms with Crippen molar-refractivity contribution in [2.45, 2.75) is 39.7 Å². The SMILES string of the molecule is COc1ccc(OC)c(C2CCCN2C(=O)CNC(=O)C(C)(C)C)c1. The first-order chi connectivity index (χ1) is 11.8. The second-order valence-electron chi connectivity index (χ2n) is 7.29. The van der Waals surface area contributed by atoms with Crippen LogP contribution >= 0.6 is 0 Å². The Labute approximate surface area is 149 Å². The Morgan fingerprint density at radius 1 is 1.24 bits per heavy atom. The maximum Gasteiger partial charge on any atom is 0.242 e. The van der Waals surface area contributed by atoms with Gasteiger partial charge in [-0.1, -0.05) is 20.8 Å². The number of benzene rings is 1. The maximum atomic E-state index is 12.7. The predicted octanol–water partition coefficient (Wildman–Crippen LogP) is 2.53. The molecule has 0 aliphatic carbocycles. The quantitative estimate of drug-likeness (QED) is 0.888. The highest BCUT2D eigenvalue weighted by atomic mass is 16.5. The zero-order valence-electron chi connectivity index (χ0n) is 15.7. The largest absolute Gasteiger partial charge is 0.497 e. The summed E-state index contributed by atoms with van der Waals surface area (Å²) in [6.45, 7) is 6.17. The van der Waals surface area contributed by atoms with Gasteiger partial charge in [0.1, 0.15) is 11.5 Å². The van der Waals surface area contributed by atoms with Crippen LogP contribution in [0.25, 0.3) is 0 Å². The van der Waals surface area contributed by atoms with E-state index in [4.69, 9.17) is 9.47 Å². The van der Waals surface area contributed by atoms with Gasteiger partial charge in [-0.25, -0.2) is 0 Å². The summed E-state index contributed by atoms with van der Waals surface area (Å²) < 4.78 is 10.8. The van der Waals surface area contributed by atoms with Crippen LogP contribution in [0.15, 0.2) is 18.2 Å². The van der Waals surface area contributed by atoms with Gasteiger partial charge in [-0.2, -0.15) is 0 Å². The smallest absolute Gasteiger partial charge is 0.242 e. The minimum Gasteiger partial charge on any atom is -0.497 e. The molecule has 1 atom stereocenters. The molecular weight excluding hydrogens is 320 g/mol. The average Bonchev–Trinajstić information content (AvgIpc) is 3.07. The summed E-state index contributed by atoms with van der Waals surface area (Å²) in [6, 6.07) is 5.55. The van der Waals surface area contributed by atoms with E-state index in [1.54, 1.807) is 14.2 Å². The van der Waals surface area contributed by atoms with Crippen molar-refractivity contribution in [3.63, 3.8) is 0 Å². The van der Waals surface area contributed by atoms with E-state index in [1.807, 2.05) is 43.9 Å². The van der Waals surface area contributed by atoms with E-state index in [-0.39, 0.29) is 24.4 Å². The second kappa shape index (κ2) is 7.76. The Hall–Kier alpha value is -2.24. The standard InChI is InChI=1S/C19H28N2O4/c1-19(2,3)18(23)20-12-17(22)21-10-6-7-15(21)14-11-13(24-4)8-9-16(14)25-5/h8-9,11,15H,6-7,10,12H2,1-5H3,(H,20,23). The molecule has 138 valence electrons. The number of nitrogens with zero attached hydrogens (tertiary/aromatic N) is 1. The number of methoxy groups -OCH3 is 2. The van der Waals surface area contributed by atoms with Crippen LogP contribution in [0.4, 0.5) is 0 Å². The lowest BCUT2D eigenvalue weighted by molar-refractivity contribution is -0.135. The summed E-state index contributed by atoms with van der Waals surface area (Å²) in [6.07, 6.45) is 1.78. The van der Waals surface area contributed by atoms with E-state index in [9.17, 15) is 9.59 Å². The molecule has 1 unspecified atom stereocenters. The van der Waals surface area contributed by atoms with Crippen molar-refractivity contribution in [1.82, 2.24) is 10.2 Å². The first kappa shape index (κ1) is 19.1. The number of nitrogens with one attached hydrogen (secondary N) is 1. The van der Waals surface area contributed by atoms with Gasteiger partial charge in [0.05, 0.1) is 26.8 Å². The topological polar surface area (TPSA) is 67.9 Å². The molecule has 0 radical (unpaired) electrons. The fourth-order valence-corrected chi connectivity index (χ4v) is 3.01. The third-order valence-electron chi connectivity index (χ3n) is 4.45. The van der Waals surface area contributed by atoms with Crippen molar-refractivity contribution in [3.05, 3.63) is 23.8 Å². The van der Waals surface area contributed by atoms with E-state index >= 15 is 0 Å². The van der Waals surface area contributed by atoms with Gasteiger partial charge in [0, 0.05) is 17.5 Å². The Morgan fingerprint density at radius 2 is 1.96 bits per heavy atom. The predicted molar refractivity (Wildman–Crippen MR) is 95.7 cm³/mol. The Morgan fingerprint density at radius 3 is 2.56 bits per heavy atom. The molecule has 2 rings (SSSR count). The fourth-order valence-electron chi connectivity index (χ4n) is 3.01. The highest BCUT2D eigenvalue weighted by Crippen LogP contribution is 2.38. The molecule has 1 aliphatic rings. The monoisotopic (exact) mass is 348 g/mol.